The average molecular weight is 295 g/mol. The quantitative estimate of drug-likeness (QED) is 0.684. The first-order valence-corrected chi connectivity index (χ1v) is 6.13. The van der Waals surface area contributed by atoms with Gasteiger partial charge in [-0.3, -0.25) is 0 Å². The molecule has 0 spiro atoms. The van der Waals surface area contributed by atoms with E-state index in [-0.39, 0.29) is 0 Å². The monoisotopic (exact) mass is 294 g/mol. The fourth-order valence-corrected chi connectivity index (χ4v) is 2.18. The van der Waals surface area contributed by atoms with Crippen molar-refractivity contribution in [2.45, 2.75) is 37.2 Å². The van der Waals surface area contributed by atoms with Crippen LogP contribution in [0.1, 0.15) is 35.7 Å². The highest BCUT2D eigenvalue weighted by Crippen LogP contribution is 2.35. The zero-order valence-corrected chi connectivity index (χ0v) is 10.6. The van der Waals surface area contributed by atoms with E-state index in [2.05, 4.69) is 22.9 Å². The van der Waals surface area contributed by atoms with Crippen molar-refractivity contribution >= 4 is 15.9 Å². The van der Waals surface area contributed by atoms with Crippen molar-refractivity contribution in [2.24, 2.45) is 0 Å². The molecule has 1 aromatic carbocycles. The number of alkyl halides is 4. The average Bonchev–Trinajstić information content (AvgIpc) is 2.16. The number of rotatable bonds is 4. The van der Waals surface area contributed by atoms with E-state index in [1.807, 2.05) is 12.1 Å². The minimum atomic E-state index is -4.13. The Labute approximate surface area is 102 Å². The van der Waals surface area contributed by atoms with Crippen molar-refractivity contribution in [1.82, 2.24) is 0 Å². The summed E-state index contributed by atoms with van der Waals surface area (Å²) in [7, 11) is 0. The second kappa shape index (κ2) is 5.71. The van der Waals surface area contributed by atoms with Crippen molar-refractivity contribution in [2.75, 3.05) is 0 Å². The van der Waals surface area contributed by atoms with Crippen LogP contribution < -0.4 is 0 Å². The van der Waals surface area contributed by atoms with Crippen LogP contribution >= 0.6 is 15.9 Å². The lowest BCUT2D eigenvalue weighted by Gasteiger charge is -2.13. The molecule has 90 valence electrons. The molecule has 0 fully saturated rings. The maximum absolute atomic E-state index is 12.2. The van der Waals surface area contributed by atoms with Crippen LogP contribution in [0.2, 0.25) is 0 Å². The molecule has 0 amide bonds. The minimum absolute atomic E-state index is 0.650. The van der Waals surface area contributed by atoms with E-state index in [1.165, 1.54) is 0 Å². The van der Waals surface area contributed by atoms with Crippen LogP contribution in [0.25, 0.3) is 0 Å². The number of aryl methyl sites for hydroxylation is 1. The fraction of sp³-hybridized carbons (Fsp3) is 0.500. The van der Waals surface area contributed by atoms with Gasteiger partial charge in [-0.25, -0.2) is 0 Å². The van der Waals surface area contributed by atoms with Gasteiger partial charge in [-0.15, -0.1) is 0 Å². The first kappa shape index (κ1) is 13.6. The maximum atomic E-state index is 12.2. The van der Waals surface area contributed by atoms with E-state index in [1.54, 1.807) is 12.1 Å². The van der Waals surface area contributed by atoms with Gasteiger partial charge in [0.05, 0.1) is 6.42 Å². The van der Waals surface area contributed by atoms with Gasteiger partial charge in [-0.05, 0) is 17.5 Å². The summed E-state index contributed by atoms with van der Waals surface area (Å²) in [6, 6.07) is 7.30. The highest BCUT2D eigenvalue weighted by Gasteiger charge is 2.31. The van der Waals surface area contributed by atoms with E-state index >= 15 is 0 Å². The van der Waals surface area contributed by atoms with Gasteiger partial charge < -0.3 is 0 Å². The molecule has 0 aliphatic rings. The van der Waals surface area contributed by atoms with Crippen molar-refractivity contribution in [1.29, 1.82) is 0 Å². The number of benzene rings is 1. The highest BCUT2D eigenvalue weighted by molar-refractivity contribution is 9.09. The van der Waals surface area contributed by atoms with Crippen molar-refractivity contribution in [3.8, 4) is 0 Å². The Kier molecular flexibility index (Phi) is 4.84. The van der Waals surface area contributed by atoms with Crippen molar-refractivity contribution < 1.29 is 13.2 Å². The van der Waals surface area contributed by atoms with Crippen molar-refractivity contribution in [3.05, 3.63) is 35.4 Å². The van der Waals surface area contributed by atoms with Crippen LogP contribution in [0.15, 0.2) is 24.3 Å². The lowest BCUT2D eigenvalue weighted by atomic mass is 10.0. The Morgan fingerprint density at radius 1 is 1.19 bits per heavy atom. The Morgan fingerprint density at radius 2 is 1.75 bits per heavy atom. The lowest BCUT2D eigenvalue weighted by molar-refractivity contribution is -0.134. The smallest absolute Gasteiger partial charge is 0.171 e. The van der Waals surface area contributed by atoms with E-state index in [4.69, 9.17) is 0 Å². The normalized spacial score (nSPS) is 13.8. The summed E-state index contributed by atoms with van der Waals surface area (Å²) in [5, 5.41) is 0. The summed E-state index contributed by atoms with van der Waals surface area (Å²) in [4.78, 5) is -0.650. The van der Waals surface area contributed by atoms with Gasteiger partial charge in [0, 0.05) is 4.83 Å². The van der Waals surface area contributed by atoms with Crippen molar-refractivity contribution in [3.63, 3.8) is 0 Å². The molecule has 1 rings (SSSR count). The predicted octanol–water partition coefficient (Wildman–Crippen LogP) is 5.03. The summed E-state index contributed by atoms with van der Waals surface area (Å²) in [5.41, 5.74) is 1.84. The van der Waals surface area contributed by atoms with Crippen LogP contribution in [0.3, 0.4) is 0 Å². The molecule has 0 aliphatic heterocycles. The summed E-state index contributed by atoms with van der Waals surface area (Å²) in [6.45, 7) is 2.07. The third-order valence-electron chi connectivity index (χ3n) is 2.29. The van der Waals surface area contributed by atoms with Gasteiger partial charge in [0.2, 0.25) is 0 Å². The van der Waals surface area contributed by atoms with Crippen LogP contribution in [-0.2, 0) is 6.42 Å². The van der Waals surface area contributed by atoms with Gasteiger partial charge in [-0.2, -0.15) is 13.2 Å². The van der Waals surface area contributed by atoms with Crippen LogP contribution in [-0.4, -0.2) is 6.18 Å². The Morgan fingerprint density at radius 3 is 2.19 bits per heavy atom. The van der Waals surface area contributed by atoms with E-state index in [0.717, 1.165) is 18.4 Å². The maximum Gasteiger partial charge on any atom is 0.390 e. The zero-order valence-electron chi connectivity index (χ0n) is 9.02. The third-order valence-corrected chi connectivity index (χ3v) is 3.14. The standard InChI is InChI=1S/C12H14BrF3/c1-2-3-9-4-6-10(7-5-9)11(13)8-12(14,15)16/h4-7,11H,2-3,8H2,1H3. The topological polar surface area (TPSA) is 0 Å². The largest absolute Gasteiger partial charge is 0.390 e. The molecular formula is C12H14BrF3. The fourth-order valence-electron chi connectivity index (χ4n) is 1.50. The molecule has 0 saturated carbocycles. The molecule has 0 nitrogen and oxygen atoms in total. The van der Waals surface area contributed by atoms with Gasteiger partial charge in [0.25, 0.3) is 0 Å². The Balaban J connectivity index is 2.66. The molecule has 4 heteroatoms. The first-order chi connectivity index (χ1) is 7.42. The predicted molar refractivity (Wildman–Crippen MR) is 62.8 cm³/mol. The van der Waals surface area contributed by atoms with Gasteiger partial charge in [0.15, 0.2) is 0 Å². The van der Waals surface area contributed by atoms with E-state index < -0.39 is 17.4 Å². The minimum Gasteiger partial charge on any atom is -0.171 e. The second-order valence-corrected chi connectivity index (χ2v) is 4.88. The number of halogens is 4. The summed E-state index contributed by atoms with van der Waals surface area (Å²) >= 11 is 3.07. The molecule has 0 radical (unpaired) electrons. The molecule has 0 bridgehead atoms. The second-order valence-electron chi connectivity index (χ2n) is 3.78. The van der Waals surface area contributed by atoms with Gasteiger partial charge in [-0.1, -0.05) is 53.5 Å². The SMILES string of the molecule is CCCc1ccc(C(Br)CC(F)(F)F)cc1. The summed E-state index contributed by atoms with van der Waals surface area (Å²) < 4.78 is 36.5. The molecule has 1 unspecified atom stereocenters. The van der Waals surface area contributed by atoms with E-state index in [0.29, 0.717) is 5.56 Å². The molecule has 1 atom stereocenters. The molecule has 16 heavy (non-hydrogen) atoms. The van der Waals surface area contributed by atoms with Gasteiger partial charge >= 0.3 is 6.18 Å². The van der Waals surface area contributed by atoms with E-state index in [9.17, 15) is 13.2 Å². The Hall–Kier alpha value is -0.510. The summed E-state index contributed by atoms with van der Waals surface area (Å²) in [6.07, 6.45) is -2.96. The molecule has 0 saturated heterocycles. The van der Waals surface area contributed by atoms with Crippen LogP contribution in [0.5, 0.6) is 0 Å². The van der Waals surface area contributed by atoms with Crippen LogP contribution in [0, 0.1) is 0 Å². The van der Waals surface area contributed by atoms with Crippen LogP contribution in [0.4, 0.5) is 13.2 Å². The Bertz CT molecular complexity index is 316. The molecule has 1 aromatic rings. The molecule has 0 heterocycles. The zero-order chi connectivity index (χ0) is 12.2. The lowest BCUT2D eigenvalue weighted by Crippen LogP contribution is -2.10. The molecule has 0 N–H and O–H groups in total. The molecule has 0 aliphatic carbocycles. The third kappa shape index (κ3) is 4.56. The number of hydrogen-bond acceptors (Lipinski definition) is 0. The summed E-state index contributed by atoms with van der Waals surface area (Å²) in [5.74, 6) is 0. The first-order valence-electron chi connectivity index (χ1n) is 5.22. The number of hydrogen-bond donors (Lipinski definition) is 0. The molecule has 0 aromatic heterocycles. The van der Waals surface area contributed by atoms with Gasteiger partial charge in [0.1, 0.15) is 0 Å². The highest BCUT2D eigenvalue weighted by atomic mass is 79.9. The molecular weight excluding hydrogens is 281 g/mol.